The lowest BCUT2D eigenvalue weighted by molar-refractivity contribution is 0.627. The first kappa shape index (κ1) is 13.8. The van der Waals surface area contributed by atoms with Crippen molar-refractivity contribution in [2.45, 2.75) is 33.2 Å². The lowest BCUT2D eigenvalue weighted by atomic mass is 10.2. The predicted octanol–water partition coefficient (Wildman–Crippen LogP) is 4.95. The summed E-state index contributed by atoms with van der Waals surface area (Å²) in [6.45, 7) is 5.19. The highest BCUT2D eigenvalue weighted by Crippen LogP contribution is 2.26. The normalized spacial score (nSPS) is 11.2. The largest absolute Gasteiger partial charge is 0.324 e. The highest BCUT2D eigenvalue weighted by Gasteiger charge is 2.12. The number of aromatic nitrogens is 2. The summed E-state index contributed by atoms with van der Waals surface area (Å²) in [4.78, 5) is 4.77. The van der Waals surface area contributed by atoms with E-state index in [0.29, 0.717) is 0 Å². The molecule has 1 heterocycles. The van der Waals surface area contributed by atoms with Crippen LogP contribution >= 0.6 is 0 Å². The molecule has 3 rings (SSSR count). The van der Waals surface area contributed by atoms with E-state index in [1.807, 2.05) is 0 Å². The quantitative estimate of drug-likeness (QED) is 0.662. The Bertz CT molecular complexity index is 757. The molecule has 108 valence electrons. The first-order chi connectivity index (χ1) is 10.2. The number of benzene rings is 2. The van der Waals surface area contributed by atoms with Gasteiger partial charge in [-0.2, -0.15) is 0 Å². The molecule has 0 atom stereocenters. The summed E-state index contributed by atoms with van der Waals surface area (Å²) in [7, 11) is 0. The number of unbranched alkanes of at least 4 members (excludes halogenated alkanes) is 1. The van der Waals surface area contributed by atoms with Crippen LogP contribution in [-0.2, 0) is 6.54 Å². The molecule has 3 aromatic rings. The molecule has 0 unspecified atom stereocenters. The van der Waals surface area contributed by atoms with Crippen LogP contribution in [0.4, 0.5) is 4.39 Å². The Morgan fingerprint density at radius 2 is 1.86 bits per heavy atom. The van der Waals surface area contributed by atoms with E-state index < -0.39 is 0 Å². The zero-order valence-corrected chi connectivity index (χ0v) is 12.4. The molecular formula is C18H19FN2. The van der Waals surface area contributed by atoms with Crippen LogP contribution in [0.2, 0.25) is 0 Å². The minimum absolute atomic E-state index is 0.217. The number of aryl methyl sites for hydroxylation is 2. The summed E-state index contributed by atoms with van der Waals surface area (Å²) >= 11 is 0. The third-order valence-electron chi connectivity index (χ3n) is 3.74. The van der Waals surface area contributed by atoms with E-state index in [0.717, 1.165) is 41.8 Å². The number of fused-ring (bicyclic) bond motifs is 1. The summed E-state index contributed by atoms with van der Waals surface area (Å²) in [6.07, 6.45) is 2.24. The van der Waals surface area contributed by atoms with Crippen LogP contribution in [0.3, 0.4) is 0 Å². The minimum atomic E-state index is -0.217. The van der Waals surface area contributed by atoms with Gasteiger partial charge < -0.3 is 4.57 Å². The molecule has 0 bridgehead atoms. The van der Waals surface area contributed by atoms with Gasteiger partial charge in [-0.25, -0.2) is 9.37 Å². The molecule has 3 heteroatoms. The van der Waals surface area contributed by atoms with Crippen LogP contribution in [0, 0.1) is 12.7 Å². The SMILES string of the molecule is CCCCn1c(-c2ccc(F)cc2)nc2cc(C)ccc21. The van der Waals surface area contributed by atoms with Gasteiger partial charge in [0.2, 0.25) is 0 Å². The molecule has 0 saturated heterocycles. The van der Waals surface area contributed by atoms with Crippen LogP contribution in [0.1, 0.15) is 25.3 Å². The Balaban J connectivity index is 2.17. The third kappa shape index (κ3) is 2.68. The summed E-state index contributed by atoms with van der Waals surface area (Å²) < 4.78 is 15.4. The molecule has 0 aliphatic heterocycles. The van der Waals surface area contributed by atoms with E-state index in [9.17, 15) is 4.39 Å². The lowest BCUT2D eigenvalue weighted by Gasteiger charge is -2.08. The van der Waals surface area contributed by atoms with Gasteiger partial charge in [-0.05, 0) is 55.3 Å². The van der Waals surface area contributed by atoms with E-state index in [1.54, 1.807) is 12.1 Å². The molecule has 0 N–H and O–H groups in total. The van der Waals surface area contributed by atoms with Gasteiger partial charge in [0.05, 0.1) is 11.0 Å². The Morgan fingerprint density at radius 3 is 2.57 bits per heavy atom. The maximum absolute atomic E-state index is 13.1. The molecule has 2 aromatic carbocycles. The van der Waals surface area contributed by atoms with Crippen molar-refractivity contribution in [2.24, 2.45) is 0 Å². The minimum Gasteiger partial charge on any atom is -0.324 e. The molecule has 1 aromatic heterocycles. The molecule has 0 aliphatic carbocycles. The fraction of sp³-hybridized carbons (Fsp3) is 0.278. The van der Waals surface area contributed by atoms with Crippen LogP contribution in [-0.4, -0.2) is 9.55 Å². The van der Waals surface area contributed by atoms with Crippen LogP contribution < -0.4 is 0 Å². The number of halogens is 1. The molecule has 21 heavy (non-hydrogen) atoms. The highest BCUT2D eigenvalue weighted by atomic mass is 19.1. The van der Waals surface area contributed by atoms with Gasteiger partial charge in [0.1, 0.15) is 11.6 Å². The van der Waals surface area contributed by atoms with Gasteiger partial charge in [-0.3, -0.25) is 0 Å². The topological polar surface area (TPSA) is 17.8 Å². The van der Waals surface area contributed by atoms with Crippen molar-refractivity contribution in [1.29, 1.82) is 0 Å². The number of imidazole rings is 1. The van der Waals surface area contributed by atoms with Crippen molar-refractivity contribution in [3.63, 3.8) is 0 Å². The number of hydrogen-bond donors (Lipinski definition) is 0. The Kier molecular flexibility index (Phi) is 3.74. The highest BCUT2D eigenvalue weighted by molar-refractivity contribution is 5.81. The van der Waals surface area contributed by atoms with E-state index in [2.05, 4.69) is 36.6 Å². The monoisotopic (exact) mass is 282 g/mol. The molecule has 0 saturated carbocycles. The fourth-order valence-electron chi connectivity index (χ4n) is 2.60. The van der Waals surface area contributed by atoms with Crippen molar-refractivity contribution in [1.82, 2.24) is 9.55 Å². The van der Waals surface area contributed by atoms with Crippen molar-refractivity contribution in [2.75, 3.05) is 0 Å². The first-order valence-corrected chi connectivity index (χ1v) is 7.42. The molecule has 0 amide bonds. The smallest absolute Gasteiger partial charge is 0.141 e. The first-order valence-electron chi connectivity index (χ1n) is 7.42. The Morgan fingerprint density at radius 1 is 1.10 bits per heavy atom. The summed E-state index contributed by atoms with van der Waals surface area (Å²) in [6, 6.07) is 12.9. The van der Waals surface area contributed by atoms with Gasteiger partial charge in [0.15, 0.2) is 0 Å². The Labute approximate surface area is 124 Å². The van der Waals surface area contributed by atoms with E-state index >= 15 is 0 Å². The average molecular weight is 282 g/mol. The molecule has 0 radical (unpaired) electrons. The van der Waals surface area contributed by atoms with Crippen molar-refractivity contribution in [3.8, 4) is 11.4 Å². The zero-order valence-electron chi connectivity index (χ0n) is 12.4. The van der Waals surface area contributed by atoms with Gasteiger partial charge >= 0.3 is 0 Å². The number of nitrogens with zero attached hydrogens (tertiary/aromatic N) is 2. The van der Waals surface area contributed by atoms with Crippen LogP contribution in [0.25, 0.3) is 22.4 Å². The van der Waals surface area contributed by atoms with Gasteiger partial charge in [0, 0.05) is 12.1 Å². The zero-order chi connectivity index (χ0) is 14.8. The van der Waals surface area contributed by atoms with Crippen LogP contribution in [0.15, 0.2) is 42.5 Å². The van der Waals surface area contributed by atoms with Crippen molar-refractivity contribution >= 4 is 11.0 Å². The predicted molar refractivity (Wildman–Crippen MR) is 84.8 cm³/mol. The van der Waals surface area contributed by atoms with Crippen molar-refractivity contribution in [3.05, 3.63) is 53.8 Å². The Hall–Kier alpha value is -2.16. The maximum atomic E-state index is 13.1. The van der Waals surface area contributed by atoms with Crippen LogP contribution in [0.5, 0.6) is 0 Å². The molecule has 0 aliphatic rings. The van der Waals surface area contributed by atoms with E-state index in [1.165, 1.54) is 17.7 Å². The number of hydrogen-bond acceptors (Lipinski definition) is 1. The lowest BCUT2D eigenvalue weighted by Crippen LogP contribution is -2.00. The second-order valence-corrected chi connectivity index (χ2v) is 5.44. The van der Waals surface area contributed by atoms with E-state index in [-0.39, 0.29) is 5.82 Å². The van der Waals surface area contributed by atoms with Gasteiger partial charge in [-0.15, -0.1) is 0 Å². The molecule has 2 nitrogen and oxygen atoms in total. The summed E-state index contributed by atoms with van der Waals surface area (Å²) in [5.74, 6) is 0.704. The van der Waals surface area contributed by atoms with E-state index in [4.69, 9.17) is 4.98 Å². The molecule has 0 fully saturated rings. The maximum Gasteiger partial charge on any atom is 0.141 e. The van der Waals surface area contributed by atoms with Gasteiger partial charge in [-0.1, -0.05) is 19.4 Å². The standard InChI is InChI=1S/C18H19FN2/c1-3-4-11-21-17-10-5-13(2)12-16(17)20-18(21)14-6-8-15(19)9-7-14/h5-10,12H,3-4,11H2,1-2H3. The fourth-order valence-corrected chi connectivity index (χ4v) is 2.60. The molecule has 0 spiro atoms. The summed E-state index contributed by atoms with van der Waals surface area (Å²) in [5.41, 5.74) is 4.31. The number of rotatable bonds is 4. The second kappa shape index (κ2) is 5.68. The molecular weight excluding hydrogens is 263 g/mol. The van der Waals surface area contributed by atoms with Gasteiger partial charge in [0.25, 0.3) is 0 Å². The summed E-state index contributed by atoms with van der Waals surface area (Å²) in [5, 5.41) is 0. The third-order valence-corrected chi connectivity index (χ3v) is 3.74. The average Bonchev–Trinajstić information content (AvgIpc) is 2.83. The second-order valence-electron chi connectivity index (χ2n) is 5.44. The van der Waals surface area contributed by atoms with Crippen molar-refractivity contribution < 1.29 is 4.39 Å².